The predicted octanol–water partition coefficient (Wildman–Crippen LogP) is 5.96. The Morgan fingerprint density at radius 1 is 0.479 bits per heavy atom. The molecule has 0 spiro atoms. The normalized spacial score (nSPS) is 10.8. The van der Waals surface area contributed by atoms with Gasteiger partial charge in [0.05, 0.1) is 35.9 Å². The molecule has 8 heterocycles. The van der Waals surface area contributed by atoms with Crippen molar-refractivity contribution in [2.24, 2.45) is 0 Å². The van der Waals surface area contributed by atoms with Crippen LogP contribution in [-0.2, 0) is 13.1 Å². The highest BCUT2D eigenvalue weighted by Crippen LogP contribution is 2.25. The largest absolute Gasteiger partial charge is 0.293 e. The molecule has 0 saturated heterocycles. The number of hydrogen-bond acceptors (Lipinski definition) is 10. The van der Waals surface area contributed by atoms with Crippen molar-refractivity contribution in [2.45, 2.75) is 13.1 Å². The molecule has 0 aliphatic rings. The van der Waals surface area contributed by atoms with Crippen LogP contribution in [0.5, 0.6) is 0 Å². The first-order valence-corrected chi connectivity index (χ1v) is 15.4. The van der Waals surface area contributed by atoms with Crippen LogP contribution in [0.25, 0.3) is 44.6 Å². The summed E-state index contributed by atoms with van der Waals surface area (Å²) in [6.45, 7) is 0.776. The van der Waals surface area contributed by atoms with Crippen LogP contribution in [0.15, 0.2) is 139 Å². The Labute approximate surface area is 279 Å². The molecule has 8 aromatic rings. The van der Waals surface area contributed by atoms with Gasteiger partial charge in [0.2, 0.25) is 0 Å². The van der Waals surface area contributed by atoms with Gasteiger partial charge in [0.25, 0.3) is 5.56 Å². The third-order valence-corrected chi connectivity index (χ3v) is 7.74. The summed E-state index contributed by atoms with van der Waals surface area (Å²) in [5.74, 6) is 0. The third-order valence-electron chi connectivity index (χ3n) is 7.33. The molecule has 0 amide bonds. The van der Waals surface area contributed by atoms with E-state index in [2.05, 4.69) is 35.0 Å². The topological polar surface area (TPSA) is 130 Å². The molecule has 0 saturated carbocycles. The van der Waals surface area contributed by atoms with Gasteiger partial charge in [-0.25, -0.2) is 9.36 Å². The van der Waals surface area contributed by atoms with Crippen molar-refractivity contribution in [1.29, 1.82) is 0 Å². The van der Waals surface area contributed by atoms with Gasteiger partial charge in [-0.05, 0) is 72.8 Å². The maximum atomic E-state index is 12.7. The van der Waals surface area contributed by atoms with Crippen LogP contribution in [0.2, 0.25) is 0 Å². The minimum Gasteiger partial charge on any atom is -0.265 e. The predicted molar refractivity (Wildman–Crippen MR) is 185 cm³/mol. The van der Waals surface area contributed by atoms with E-state index in [1.165, 1.54) is 4.68 Å². The molecule has 12 heteroatoms. The van der Waals surface area contributed by atoms with Crippen LogP contribution in [0, 0.1) is 4.64 Å². The van der Waals surface area contributed by atoms with E-state index in [4.69, 9.17) is 17.3 Å². The highest BCUT2D eigenvalue weighted by Gasteiger charge is 2.15. The number of fused-ring (bicyclic) bond motifs is 2. The summed E-state index contributed by atoms with van der Waals surface area (Å²) >= 11 is 5.59. The van der Waals surface area contributed by atoms with Crippen molar-refractivity contribution in [2.75, 3.05) is 0 Å². The van der Waals surface area contributed by atoms with E-state index >= 15 is 0 Å². The highest BCUT2D eigenvalue weighted by atomic mass is 32.1. The lowest BCUT2D eigenvalue weighted by molar-refractivity contribution is 0.637. The Hall–Kier alpha value is -6.40. The molecule has 0 radical (unpaired) electrons. The first-order valence-electron chi connectivity index (χ1n) is 15.0. The van der Waals surface area contributed by atoms with Gasteiger partial charge in [-0.15, -0.1) is 0 Å². The highest BCUT2D eigenvalue weighted by molar-refractivity contribution is 7.71. The van der Waals surface area contributed by atoms with Crippen LogP contribution in [-0.4, -0.2) is 49.5 Å². The van der Waals surface area contributed by atoms with E-state index < -0.39 is 0 Å². The zero-order chi connectivity index (χ0) is 32.7. The number of pyridine rings is 6. The molecule has 0 unspecified atom stereocenters. The summed E-state index contributed by atoms with van der Waals surface area (Å²) in [4.78, 5) is 38.8. The Morgan fingerprint density at radius 2 is 0.938 bits per heavy atom. The van der Waals surface area contributed by atoms with E-state index in [0.717, 1.165) is 33.7 Å². The van der Waals surface area contributed by atoms with E-state index in [1.54, 1.807) is 47.9 Å². The third kappa shape index (κ3) is 6.46. The summed E-state index contributed by atoms with van der Waals surface area (Å²) in [5.41, 5.74) is 5.43. The van der Waals surface area contributed by atoms with Gasteiger partial charge < -0.3 is 0 Å². The van der Waals surface area contributed by atoms with Crippen molar-refractivity contribution in [1.82, 2.24) is 49.5 Å². The van der Waals surface area contributed by atoms with E-state index in [0.29, 0.717) is 33.5 Å². The smallest absolute Gasteiger partial charge is 0.265 e. The Bertz CT molecular complexity index is 2270. The quantitative estimate of drug-likeness (QED) is 0.199. The summed E-state index contributed by atoms with van der Waals surface area (Å²) < 4.78 is 3.74. The number of hydrogen-bond donors (Lipinski definition) is 0. The van der Waals surface area contributed by atoms with Crippen LogP contribution in [0.1, 0.15) is 11.4 Å². The standard InChI is InChI=1S/C18H13N5O.C18H13N5S/c2*24-18-17-14(7-5-11-21-17)16(15-8-2-4-10-20-15)22-23(18)12-13-6-1-3-9-19-13/h2*1-11H,12H2. The maximum Gasteiger partial charge on any atom is 0.293 e. The van der Waals surface area contributed by atoms with Crippen molar-refractivity contribution >= 4 is 34.0 Å². The average molecular weight is 647 g/mol. The second-order valence-corrected chi connectivity index (χ2v) is 10.9. The number of nitrogens with zero attached hydrogens (tertiary/aromatic N) is 10. The summed E-state index contributed by atoms with van der Waals surface area (Å²) in [6.07, 6.45) is 10.3. The van der Waals surface area contributed by atoms with Gasteiger partial charge >= 0.3 is 0 Å². The molecule has 0 aliphatic carbocycles. The molecule has 11 nitrogen and oxygen atoms in total. The van der Waals surface area contributed by atoms with Crippen LogP contribution in [0.3, 0.4) is 0 Å². The second-order valence-electron chi connectivity index (χ2n) is 10.5. The SMILES string of the molecule is O=c1c2ncccc2c(-c2ccccn2)nn1Cc1ccccn1.S=c1c2ncccc2c(-c2ccccn2)nn1Cc1ccccn1. The van der Waals surface area contributed by atoms with Crippen LogP contribution < -0.4 is 5.56 Å². The molecule has 0 aliphatic heterocycles. The van der Waals surface area contributed by atoms with Gasteiger partial charge in [0.15, 0.2) is 0 Å². The van der Waals surface area contributed by atoms with Crippen molar-refractivity contribution in [3.63, 3.8) is 0 Å². The molecule has 0 fully saturated rings. The molecule has 232 valence electrons. The minimum atomic E-state index is -0.240. The van der Waals surface area contributed by atoms with Crippen molar-refractivity contribution < 1.29 is 0 Å². The molecule has 8 aromatic heterocycles. The Balaban J connectivity index is 0.000000152. The molecule has 48 heavy (non-hydrogen) atoms. The zero-order valence-corrected chi connectivity index (χ0v) is 26.2. The van der Waals surface area contributed by atoms with Gasteiger partial charge in [-0.2, -0.15) is 10.2 Å². The monoisotopic (exact) mass is 646 g/mol. The molecule has 0 N–H and O–H groups in total. The molecule has 8 rings (SSSR count). The van der Waals surface area contributed by atoms with Gasteiger partial charge in [0, 0.05) is 48.0 Å². The Kier molecular flexibility index (Phi) is 8.78. The zero-order valence-electron chi connectivity index (χ0n) is 25.4. The van der Waals surface area contributed by atoms with E-state index in [9.17, 15) is 4.79 Å². The first-order chi connectivity index (χ1) is 23.7. The van der Waals surface area contributed by atoms with E-state index in [-0.39, 0.29) is 12.1 Å². The number of rotatable bonds is 6. The Morgan fingerprint density at radius 3 is 1.46 bits per heavy atom. The minimum absolute atomic E-state index is 0.240. The second kappa shape index (κ2) is 13.9. The van der Waals surface area contributed by atoms with E-state index in [1.807, 2.05) is 91.0 Å². The van der Waals surface area contributed by atoms with Crippen LogP contribution in [0.4, 0.5) is 0 Å². The lowest BCUT2D eigenvalue weighted by Gasteiger charge is -2.11. The molecular weight excluding hydrogens is 621 g/mol. The molecule has 0 bridgehead atoms. The fourth-order valence-electron chi connectivity index (χ4n) is 5.11. The first kappa shape index (κ1) is 30.3. The van der Waals surface area contributed by atoms with Gasteiger partial charge in [-0.1, -0.05) is 36.5 Å². The lowest BCUT2D eigenvalue weighted by atomic mass is 10.1. The summed E-state index contributed by atoms with van der Waals surface area (Å²) in [6, 6.07) is 30.2. The maximum absolute atomic E-state index is 12.7. The average Bonchev–Trinajstić information content (AvgIpc) is 3.16. The number of aromatic nitrogens is 10. The lowest BCUT2D eigenvalue weighted by Crippen LogP contribution is -2.25. The molecular formula is C36H26N10OS. The van der Waals surface area contributed by atoms with Gasteiger partial charge in [0.1, 0.15) is 27.1 Å². The van der Waals surface area contributed by atoms with Crippen molar-refractivity contribution in [3.05, 3.63) is 161 Å². The molecule has 0 atom stereocenters. The van der Waals surface area contributed by atoms with Gasteiger partial charge in [-0.3, -0.25) is 34.7 Å². The summed E-state index contributed by atoms with van der Waals surface area (Å²) in [7, 11) is 0. The fraction of sp³-hybridized carbons (Fsp3) is 0.0556. The summed E-state index contributed by atoms with van der Waals surface area (Å²) in [5, 5.41) is 10.9. The van der Waals surface area contributed by atoms with Crippen LogP contribution >= 0.6 is 12.2 Å². The molecule has 0 aromatic carbocycles. The fourth-order valence-corrected chi connectivity index (χ4v) is 5.37. The van der Waals surface area contributed by atoms with Crippen molar-refractivity contribution in [3.8, 4) is 22.8 Å².